The maximum atomic E-state index is 11.9. The van der Waals surface area contributed by atoms with E-state index < -0.39 is 11.5 Å². The topological polar surface area (TPSA) is 66.8 Å². The lowest BCUT2D eigenvalue weighted by molar-refractivity contribution is -0.255. The van der Waals surface area contributed by atoms with E-state index in [1.54, 1.807) is 6.92 Å². The number of hydrogen-bond donors (Lipinski definition) is 2. The second-order valence-corrected chi connectivity index (χ2v) is 15.0. The number of aliphatic hydroxyl groups is 2. The van der Waals surface area contributed by atoms with Gasteiger partial charge in [-0.25, -0.2) is 0 Å². The Morgan fingerprint density at radius 2 is 1.61 bits per heavy atom. The van der Waals surface area contributed by atoms with E-state index in [1.165, 1.54) is 37.7 Å². The van der Waals surface area contributed by atoms with Crippen LogP contribution in [-0.2, 0) is 9.53 Å². The molecule has 1 unspecified atom stereocenters. The van der Waals surface area contributed by atoms with Crippen molar-refractivity contribution in [1.29, 1.82) is 0 Å². The smallest absolute Gasteiger partial charge is 0.302 e. The molecular weight excluding hydrogens is 448 g/mol. The van der Waals surface area contributed by atoms with E-state index in [0.717, 1.165) is 32.1 Å². The van der Waals surface area contributed by atoms with Crippen LogP contribution in [0.4, 0.5) is 0 Å². The summed E-state index contributed by atoms with van der Waals surface area (Å²) >= 11 is 0. The number of hydrogen-bond acceptors (Lipinski definition) is 4. The Balaban J connectivity index is 1.53. The molecule has 0 amide bonds. The normalized spacial score (nSPS) is 54.0. The SMILES string of the molecule is C=C(C)[C@@H]1CC[C@]2(COC(C)=O)CC[C@]3(C)[C@H](CC[C@@H]4[C@@]5(C)CCC(O)[C@@](C)(CO)[C@@H]5CC[C@]43C)[C@@H]12. The molecule has 2 N–H and O–H groups in total. The third-order valence-corrected chi connectivity index (χ3v) is 13.9. The molecule has 0 saturated heterocycles. The number of carbonyl (C=O) groups is 1. The summed E-state index contributed by atoms with van der Waals surface area (Å²) in [5.74, 6) is 2.55. The van der Waals surface area contributed by atoms with E-state index in [2.05, 4.69) is 41.2 Å². The molecule has 0 spiro atoms. The minimum Gasteiger partial charge on any atom is -0.465 e. The Labute approximate surface area is 219 Å². The lowest BCUT2D eigenvalue weighted by Gasteiger charge is -2.73. The van der Waals surface area contributed by atoms with E-state index in [4.69, 9.17) is 4.74 Å². The summed E-state index contributed by atoms with van der Waals surface area (Å²) in [6, 6.07) is 0. The second kappa shape index (κ2) is 8.57. The molecule has 5 fully saturated rings. The fourth-order valence-corrected chi connectivity index (χ4v) is 11.8. The van der Waals surface area contributed by atoms with E-state index in [1.807, 2.05) is 0 Å². The van der Waals surface area contributed by atoms with Crippen LogP contribution in [0.15, 0.2) is 12.2 Å². The quantitative estimate of drug-likeness (QED) is 0.340. The zero-order chi connectivity index (χ0) is 26.3. The maximum absolute atomic E-state index is 11.9. The second-order valence-electron chi connectivity index (χ2n) is 15.0. The molecule has 0 aromatic carbocycles. The van der Waals surface area contributed by atoms with E-state index >= 15 is 0 Å². The lowest BCUT2D eigenvalue weighted by atomic mass is 9.32. The predicted molar refractivity (Wildman–Crippen MR) is 143 cm³/mol. The van der Waals surface area contributed by atoms with Crippen LogP contribution in [0, 0.1) is 56.7 Å². The summed E-state index contributed by atoms with van der Waals surface area (Å²) in [6.45, 7) is 18.8. The molecule has 0 bridgehead atoms. The third-order valence-electron chi connectivity index (χ3n) is 13.9. The Morgan fingerprint density at radius 3 is 2.25 bits per heavy atom. The highest BCUT2D eigenvalue weighted by atomic mass is 16.5. The first-order chi connectivity index (χ1) is 16.8. The minimum atomic E-state index is -0.400. The van der Waals surface area contributed by atoms with E-state index in [0.29, 0.717) is 36.2 Å². The summed E-state index contributed by atoms with van der Waals surface area (Å²) in [5, 5.41) is 21.4. The van der Waals surface area contributed by atoms with Crippen molar-refractivity contribution in [1.82, 2.24) is 0 Å². The standard InChI is InChI=1S/C32H52O4/c1-20(2)22-10-15-32(19-36-21(3)34)17-16-30(6)23(27(22)32)8-9-25-28(4)13-12-26(35)29(5,18-33)24(28)11-14-31(25,30)7/h22-27,33,35H,1,8-19H2,2-7H3/t22-,23+,24+,25+,26?,27+,28-,29-,30+,31+,32+/m0/s1. The molecule has 11 atom stereocenters. The monoisotopic (exact) mass is 500 g/mol. The van der Waals surface area contributed by atoms with Crippen LogP contribution in [0.25, 0.3) is 0 Å². The van der Waals surface area contributed by atoms with Gasteiger partial charge in [-0.2, -0.15) is 0 Å². The van der Waals surface area contributed by atoms with Crippen molar-refractivity contribution in [2.45, 2.75) is 112 Å². The van der Waals surface area contributed by atoms with Gasteiger partial charge in [0, 0.05) is 17.8 Å². The fraction of sp³-hybridized carbons (Fsp3) is 0.906. The molecule has 204 valence electrons. The Hall–Kier alpha value is -0.870. The third kappa shape index (κ3) is 3.34. The predicted octanol–water partition coefficient (Wildman–Crippen LogP) is 6.54. The summed E-state index contributed by atoms with van der Waals surface area (Å²) < 4.78 is 5.77. The lowest BCUT2D eigenvalue weighted by Crippen LogP contribution is -2.67. The van der Waals surface area contributed by atoms with Gasteiger partial charge in [0.15, 0.2) is 0 Å². The van der Waals surface area contributed by atoms with Crippen LogP contribution >= 0.6 is 0 Å². The first kappa shape index (κ1) is 26.7. The number of aliphatic hydroxyl groups excluding tert-OH is 2. The molecule has 5 saturated carbocycles. The molecule has 4 nitrogen and oxygen atoms in total. The molecular formula is C32H52O4. The van der Waals surface area contributed by atoms with Gasteiger partial charge in [-0.3, -0.25) is 4.79 Å². The molecule has 4 heteroatoms. The average Bonchev–Trinajstić information content (AvgIpc) is 3.21. The Morgan fingerprint density at radius 1 is 0.889 bits per heavy atom. The van der Waals surface area contributed by atoms with Crippen molar-refractivity contribution in [3.05, 3.63) is 12.2 Å². The zero-order valence-electron chi connectivity index (χ0n) is 23.9. The average molecular weight is 501 g/mol. The highest BCUT2D eigenvalue weighted by molar-refractivity contribution is 5.65. The molecule has 5 aliphatic rings. The van der Waals surface area contributed by atoms with Crippen LogP contribution < -0.4 is 0 Å². The van der Waals surface area contributed by atoms with Gasteiger partial charge in [0.25, 0.3) is 0 Å². The molecule has 0 aliphatic heterocycles. The van der Waals surface area contributed by atoms with Gasteiger partial charge in [-0.15, -0.1) is 0 Å². The molecule has 5 rings (SSSR count). The Bertz CT molecular complexity index is 914. The van der Waals surface area contributed by atoms with Crippen LogP contribution in [0.2, 0.25) is 0 Å². The van der Waals surface area contributed by atoms with E-state index in [9.17, 15) is 15.0 Å². The van der Waals surface area contributed by atoms with Gasteiger partial charge < -0.3 is 14.9 Å². The van der Waals surface area contributed by atoms with E-state index in [-0.39, 0.29) is 34.2 Å². The minimum absolute atomic E-state index is 0.0821. The summed E-state index contributed by atoms with van der Waals surface area (Å²) in [6.07, 6.45) is 11.0. The number of rotatable bonds is 4. The zero-order valence-corrected chi connectivity index (χ0v) is 23.9. The highest BCUT2D eigenvalue weighted by Crippen LogP contribution is 2.77. The highest BCUT2D eigenvalue weighted by Gasteiger charge is 2.71. The van der Waals surface area contributed by atoms with Crippen molar-refractivity contribution < 1.29 is 19.7 Å². The van der Waals surface area contributed by atoms with Gasteiger partial charge >= 0.3 is 5.97 Å². The molecule has 0 heterocycles. The fourth-order valence-electron chi connectivity index (χ4n) is 11.8. The molecule has 0 aromatic heterocycles. The number of carbonyl (C=O) groups excluding carboxylic acids is 1. The number of fused-ring (bicyclic) bond motifs is 7. The van der Waals surface area contributed by atoms with Crippen molar-refractivity contribution in [3.8, 4) is 0 Å². The molecule has 36 heavy (non-hydrogen) atoms. The number of esters is 1. The first-order valence-electron chi connectivity index (χ1n) is 14.9. The van der Waals surface area contributed by atoms with Gasteiger partial charge in [0.1, 0.15) is 0 Å². The van der Waals surface area contributed by atoms with Crippen LogP contribution in [0.1, 0.15) is 106 Å². The van der Waals surface area contributed by atoms with Crippen molar-refractivity contribution in [2.24, 2.45) is 56.7 Å². The molecule has 0 radical (unpaired) electrons. The Kier molecular flexibility index (Phi) is 6.36. The summed E-state index contributed by atoms with van der Waals surface area (Å²) in [4.78, 5) is 11.9. The van der Waals surface area contributed by atoms with Gasteiger partial charge in [0.05, 0.1) is 19.3 Å². The van der Waals surface area contributed by atoms with Crippen LogP contribution in [0.3, 0.4) is 0 Å². The maximum Gasteiger partial charge on any atom is 0.302 e. The van der Waals surface area contributed by atoms with Crippen molar-refractivity contribution >= 4 is 5.97 Å². The number of ether oxygens (including phenoxy) is 1. The van der Waals surface area contributed by atoms with Crippen LogP contribution in [0.5, 0.6) is 0 Å². The van der Waals surface area contributed by atoms with Gasteiger partial charge in [-0.1, -0.05) is 39.8 Å². The van der Waals surface area contributed by atoms with Gasteiger partial charge in [-0.05, 0) is 117 Å². The van der Waals surface area contributed by atoms with Gasteiger partial charge in [0.2, 0.25) is 0 Å². The van der Waals surface area contributed by atoms with Crippen molar-refractivity contribution in [3.63, 3.8) is 0 Å². The first-order valence-corrected chi connectivity index (χ1v) is 14.9. The van der Waals surface area contributed by atoms with Crippen molar-refractivity contribution in [2.75, 3.05) is 13.2 Å². The largest absolute Gasteiger partial charge is 0.465 e. The molecule has 0 aromatic rings. The summed E-state index contributed by atoms with van der Waals surface area (Å²) in [5.41, 5.74) is 1.68. The molecule has 5 aliphatic carbocycles. The summed E-state index contributed by atoms with van der Waals surface area (Å²) in [7, 11) is 0. The van der Waals surface area contributed by atoms with Crippen LogP contribution in [-0.4, -0.2) is 35.5 Å². The number of allylic oxidation sites excluding steroid dienone is 1.